The molecule has 0 atom stereocenters. The van der Waals surface area contributed by atoms with Gasteiger partial charge in [0.2, 0.25) is 0 Å². The topological polar surface area (TPSA) is 0 Å². The summed E-state index contributed by atoms with van der Waals surface area (Å²) in [6.07, 6.45) is 4.06. The molecular weight excluding hydrogens is 180 g/mol. The summed E-state index contributed by atoms with van der Waals surface area (Å²) >= 11 is -0.339. The fourth-order valence-corrected chi connectivity index (χ4v) is 2.94. The summed E-state index contributed by atoms with van der Waals surface area (Å²) in [4.78, 5) is 0. The van der Waals surface area contributed by atoms with Crippen LogP contribution in [0.15, 0.2) is 0 Å². The molecule has 0 aromatic heterocycles. The Hall–Kier alpha value is 2.11. The van der Waals surface area contributed by atoms with Gasteiger partial charge in [-0.2, -0.15) is 0 Å². The molecule has 9 heavy (non-hydrogen) atoms. The summed E-state index contributed by atoms with van der Waals surface area (Å²) in [5.74, 6) is 0. The second-order valence-corrected chi connectivity index (χ2v) is 6.58. The lowest BCUT2D eigenvalue weighted by atomic mass is 10.3. The van der Waals surface area contributed by atoms with Crippen molar-refractivity contribution in [2.75, 3.05) is 0 Å². The van der Waals surface area contributed by atoms with Gasteiger partial charge in [0.25, 0.3) is 0 Å². The van der Waals surface area contributed by atoms with Gasteiger partial charge in [0.15, 0.2) is 0 Å². The Kier molecular flexibility index (Phi) is 12.5. The average Bonchev–Trinajstić information content (AvgIpc) is 1.89. The van der Waals surface area contributed by atoms with Gasteiger partial charge in [0.1, 0.15) is 0 Å². The fraction of sp³-hybridized carbons (Fsp3) is 1.00. The molecule has 0 saturated heterocycles. The van der Waals surface area contributed by atoms with Crippen molar-refractivity contribution in [3.63, 3.8) is 0 Å². The van der Waals surface area contributed by atoms with Gasteiger partial charge in [0, 0.05) is 0 Å². The molecule has 0 unspecified atom stereocenters. The molecule has 0 aromatic rings. The lowest BCUT2D eigenvalue weighted by molar-refractivity contribution is 0.769. The second kappa shape index (κ2) is 10.1. The van der Waals surface area contributed by atoms with Gasteiger partial charge < -0.3 is 18.1 Å². The van der Waals surface area contributed by atoms with Crippen molar-refractivity contribution in [2.45, 2.75) is 28.4 Å². The first-order valence-electron chi connectivity index (χ1n) is 3.53. The van der Waals surface area contributed by atoms with Crippen LogP contribution >= 0.6 is 18.1 Å². The maximum absolute atomic E-state index is 5.64. The molecule has 0 spiro atoms. The average molecular weight is 190 g/mol. The second-order valence-electron chi connectivity index (χ2n) is 2.15. The van der Waals surface area contributed by atoms with E-state index in [1.54, 1.807) is 0 Å². The highest BCUT2D eigenvalue weighted by atomic mass is 35.5. The van der Waals surface area contributed by atoms with Crippen molar-refractivity contribution < 1.29 is 0 Å². The highest BCUT2D eigenvalue weighted by Crippen LogP contribution is 2.03. The maximum Gasteiger partial charge on any atom is 0.501 e. The zero-order valence-electron chi connectivity index (χ0n) is 5.71. The van der Waals surface area contributed by atoms with Crippen molar-refractivity contribution in [1.29, 1.82) is 0 Å². The molecule has 0 amide bonds. The van der Waals surface area contributed by atoms with Gasteiger partial charge >= 0.3 is 38.5 Å². The maximum atomic E-state index is 5.64. The van der Waals surface area contributed by atoms with Crippen molar-refractivity contribution >= 4 is 56.7 Å². The Morgan fingerprint density at radius 2 is 1.22 bits per heavy atom. The van der Waals surface area contributed by atoms with Crippen LogP contribution in [-0.4, -0.2) is 38.5 Å². The van der Waals surface area contributed by atoms with E-state index in [1.807, 2.05) is 0 Å². The van der Waals surface area contributed by atoms with Crippen molar-refractivity contribution in [3.8, 4) is 0 Å². The van der Waals surface area contributed by atoms with Gasteiger partial charge in [-0.25, -0.2) is 0 Å². The molecule has 0 nitrogen and oxygen atoms in total. The van der Waals surface area contributed by atoms with E-state index in [2.05, 4.69) is 0 Å². The first-order chi connectivity index (χ1) is 4.41. The van der Waals surface area contributed by atoms with Gasteiger partial charge in [-0.1, -0.05) is 19.3 Å². The van der Waals surface area contributed by atoms with Crippen LogP contribution in [0.5, 0.6) is 0 Å². The largest absolute Gasteiger partial charge is 0.501 e. The zero-order chi connectivity index (χ0) is 6.95. The molecule has 0 bridgehead atoms. The summed E-state index contributed by atoms with van der Waals surface area (Å²) in [7, 11) is 11.3. The molecule has 0 N–H and O–H groups in total. The Morgan fingerprint density at radius 3 is 1.56 bits per heavy atom. The number of hydrogen-bond donors (Lipinski definition) is 0. The van der Waals surface area contributed by atoms with Crippen LogP contribution in [-0.2, 0) is 0 Å². The lowest BCUT2D eigenvalue weighted by Gasteiger charge is -1.93. The number of hydrogen-bond acceptors (Lipinski definition) is 0. The minimum absolute atomic E-state index is 0.170. The van der Waals surface area contributed by atoms with E-state index in [9.17, 15) is 0 Å². The third-order valence-corrected chi connectivity index (χ3v) is 4.41. The quantitative estimate of drug-likeness (QED) is 0.445. The Balaban J connectivity index is 2.60. The van der Waals surface area contributed by atoms with Crippen molar-refractivity contribution in [3.05, 3.63) is 0 Å². The molecule has 0 radical (unpaired) electrons. The molecule has 0 aliphatic rings. The van der Waals surface area contributed by atoms with E-state index in [0.717, 1.165) is 0 Å². The van der Waals surface area contributed by atoms with Crippen molar-refractivity contribution in [1.82, 2.24) is 0 Å². The molecule has 0 heterocycles. The molecule has 0 aromatic carbocycles. The van der Waals surface area contributed by atoms with E-state index in [-0.39, 0.29) is 38.5 Å². The molecule has 0 aliphatic heterocycles. The van der Waals surface area contributed by atoms with E-state index in [1.165, 1.54) is 28.4 Å². The van der Waals surface area contributed by atoms with E-state index >= 15 is 0 Å². The van der Waals surface area contributed by atoms with Crippen LogP contribution < -0.4 is 0 Å². The minimum Gasteiger partial charge on any atom is -0.346 e. The molecule has 0 aliphatic carbocycles. The number of unbranched alkanes of at least 4 members (excludes halogenated alkanes) is 2. The number of rotatable bonds is 6. The number of halogens is 2. The first kappa shape index (κ1) is 11.1. The smallest absolute Gasteiger partial charge is 0.346 e. The van der Waals surface area contributed by atoms with Gasteiger partial charge in [-0.15, -0.1) is 9.10 Å². The standard InChI is InChI=1S/C5H10.2ClH.2Mg/c1-3-5-4-2;;;;/h1-5H2;2*1H;;/q;;;2*+1/p-2. The highest BCUT2D eigenvalue weighted by Gasteiger charge is 1.92. The van der Waals surface area contributed by atoms with Crippen LogP contribution in [0.1, 0.15) is 19.3 Å². The predicted molar refractivity (Wildman–Crippen MR) is 46.7 cm³/mol. The van der Waals surface area contributed by atoms with Crippen molar-refractivity contribution in [2.24, 2.45) is 0 Å². The minimum atomic E-state index is -0.170. The predicted octanol–water partition coefficient (Wildman–Crippen LogP) is 2.71. The van der Waals surface area contributed by atoms with Crippen LogP contribution in [0.4, 0.5) is 0 Å². The Bertz CT molecular complexity index is 46.2. The van der Waals surface area contributed by atoms with E-state index in [0.29, 0.717) is 0 Å². The van der Waals surface area contributed by atoms with E-state index < -0.39 is 0 Å². The summed E-state index contributed by atoms with van der Waals surface area (Å²) in [5, 5.41) is 0. The van der Waals surface area contributed by atoms with Gasteiger partial charge in [0.05, 0.1) is 0 Å². The Morgan fingerprint density at radius 1 is 0.778 bits per heavy atom. The van der Waals surface area contributed by atoms with Crippen LogP contribution in [0.3, 0.4) is 0 Å². The first-order valence-corrected chi connectivity index (χ1v) is 9.81. The summed E-state index contributed by atoms with van der Waals surface area (Å²) in [6, 6.07) is 0. The fourth-order valence-electron chi connectivity index (χ4n) is 0.719. The van der Waals surface area contributed by atoms with Gasteiger partial charge in [-0.05, 0) is 0 Å². The summed E-state index contributed by atoms with van der Waals surface area (Å²) < 4.78 is 2.62. The monoisotopic (exact) mass is 188 g/mol. The van der Waals surface area contributed by atoms with E-state index in [4.69, 9.17) is 18.1 Å². The van der Waals surface area contributed by atoms with Crippen LogP contribution in [0, 0.1) is 0 Å². The molecule has 48 valence electrons. The van der Waals surface area contributed by atoms with Gasteiger partial charge in [-0.3, -0.25) is 0 Å². The molecule has 4 heteroatoms. The SMILES string of the molecule is [Cl][Mg][CH2]CCC[CH2][Mg][Cl]. The normalized spacial score (nSPS) is 8.22. The zero-order valence-corrected chi connectivity index (χ0v) is 10.0. The summed E-state index contributed by atoms with van der Waals surface area (Å²) in [5.41, 5.74) is 0. The molecule has 0 fully saturated rings. The third kappa shape index (κ3) is 10.1. The van der Waals surface area contributed by atoms with Crippen LogP contribution in [0.2, 0.25) is 9.10 Å². The summed E-state index contributed by atoms with van der Waals surface area (Å²) in [6.45, 7) is 0. The third-order valence-electron chi connectivity index (χ3n) is 1.27. The molecule has 0 saturated carbocycles. The highest BCUT2D eigenvalue weighted by molar-refractivity contribution is 6.93. The molecular formula is C5H10Cl2Mg2. The van der Waals surface area contributed by atoms with Crippen LogP contribution in [0.25, 0.3) is 0 Å². The lowest BCUT2D eigenvalue weighted by Crippen LogP contribution is -1.81. The molecule has 0 rings (SSSR count). The Labute approximate surface area is 84.0 Å².